The first-order valence-electron chi connectivity index (χ1n) is 7.59. The van der Waals surface area contributed by atoms with E-state index in [4.69, 9.17) is 34.8 Å². The molecule has 2 aromatic carbocycles. The van der Waals surface area contributed by atoms with Crippen LogP contribution < -0.4 is 0 Å². The number of alkyl halides is 3. The van der Waals surface area contributed by atoms with E-state index in [1.807, 2.05) is 26.0 Å². The van der Waals surface area contributed by atoms with E-state index in [1.165, 1.54) is 12.1 Å². The van der Waals surface area contributed by atoms with Gasteiger partial charge in [0.05, 0.1) is 20.8 Å². The summed E-state index contributed by atoms with van der Waals surface area (Å²) in [6.45, 7) is 3.86. The minimum atomic E-state index is -4.55. The van der Waals surface area contributed by atoms with E-state index in [-0.39, 0.29) is 27.1 Å². The number of benzene rings is 2. The SMILES string of the molecule is Cc1ccc(C2=NSC(c3cc(Cl)c(Cl)c(Cl)c3)(C(F)(F)F)C2)cc1C. The summed E-state index contributed by atoms with van der Waals surface area (Å²) in [4.78, 5) is 0. The van der Waals surface area contributed by atoms with Crippen LogP contribution in [0.4, 0.5) is 13.2 Å². The minimum absolute atomic E-state index is 0.0157. The van der Waals surface area contributed by atoms with Gasteiger partial charge in [-0.2, -0.15) is 13.2 Å². The van der Waals surface area contributed by atoms with E-state index in [1.54, 1.807) is 6.07 Å². The standard InChI is InChI=1S/C18H13Cl3F3NS/c1-9-3-4-11(5-10(9)2)15-8-17(26-25-15,18(22,23)24)12-6-13(19)16(21)14(20)7-12/h3-7H,8H2,1-2H3. The van der Waals surface area contributed by atoms with Crippen molar-refractivity contribution in [1.82, 2.24) is 0 Å². The van der Waals surface area contributed by atoms with Crippen molar-refractivity contribution in [3.8, 4) is 0 Å². The molecule has 26 heavy (non-hydrogen) atoms. The summed E-state index contributed by atoms with van der Waals surface area (Å²) in [7, 11) is 0. The molecule has 0 bridgehead atoms. The molecule has 0 fully saturated rings. The van der Waals surface area contributed by atoms with Crippen LogP contribution in [0.2, 0.25) is 15.1 Å². The van der Waals surface area contributed by atoms with Crippen molar-refractivity contribution in [2.24, 2.45) is 4.40 Å². The summed E-state index contributed by atoms with van der Waals surface area (Å²) in [5.41, 5.74) is 3.07. The van der Waals surface area contributed by atoms with Crippen LogP contribution in [-0.2, 0) is 4.75 Å². The summed E-state index contributed by atoms with van der Waals surface area (Å²) >= 11 is 18.3. The van der Waals surface area contributed by atoms with Crippen LogP contribution in [0.15, 0.2) is 34.7 Å². The Morgan fingerprint density at radius 3 is 2.15 bits per heavy atom. The van der Waals surface area contributed by atoms with Gasteiger partial charge in [0.1, 0.15) is 0 Å². The molecular weight excluding hydrogens is 426 g/mol. The van der Waals surface area contributed by atoms with Gasteiger partial charge in [-0.15, -0.1) is 0 Å². The minimum Gasteiger partial charge on any atom is -0.219 e. The molecule has 1 heterocycles. The van der Waals surface area contributed by atoms with Crippen molar-refractivity contribution in [1.29, 1.82) is 0 Å². The highest BCUT2D eigenvalue weighted by Gasteiger charge is 2.60. The zero-order chi connectivity index (χ0) is 19.3. The lowest BCUT2D eigenvalue weighted by molar-refractivity contribution is -0.159. The molecule has 0 aromatic heterocycles. The van der Waals surface area contributed by atoms with Crippen LogP contribution in [0.5, 0.6) is 0 Å². The first kappa shape index (κ1) is 19.9. The maximum Gasteiger partial charge on any atom is 0.409 e. The van der Waals surface area contributed by atoms with Crippen molar-refractivity contribution in [2.45, 2.75) is 31.2 Å². The lowest BCUT2D eigenvalue weighted by atomic mass is 9.89. The first-order chi connectivity index (χ1) is 12.0. The van der Waals surface area contributed by atoms with Gasteiger partial charge in [-0.05, 0) is 66.2 Å². The van der Waals surface area contributed by atoms with Crippen molar-refractivity contribution >= 4 is 52.5 Å². The monoisotopic (exact) mass is 437 g/mol. The van der Waals surface area contributed by atoms with Gasteiger partial charge in [-0.25, -0.2) is 4.40 Å². The van der Waals surface area contributed by atoms with Crippen molar-refractivity contribution in [3.05, 3.63) is 67.7 Å². The Balaban J connectivity index is 2.06. The van der Waals surface area contributed by atoms with Crippen molar-refractivity contribution in [2.75, 3.05) is 0 Å². The normalized spacial score (nSPS) is 20.4. The molecule has 0 saturated carbocycles. The van der Waals surface area contributed by atoms with E-state index in [0.717, 1.165) is 11.1 Å². The van der Waals surface area contributed by atoms with Crippen molar-refractivity contribution in [3.63, 3.8) is 0 Å². The predicted molar refractivity (Wildman–Crippen MR) is 104 cm³/mol. The van der Waals surface area contributed by atoms with E-state index < -0.39 is 10.9 Å². The molecule has 138 valence electrons. The highest BCUT2D eigenvalue weighted by atomic mass is 35.5. The fourth-order valence-corrected chi connectivity index (χ4v) is 4.33. The molecule has 1 nitrogen and oxygen atoms in total. The summed E-state index contributed by atoms with van der Waals surface area (Å²) in [5.74, 6) is 0. The molecule has 0 saturated heterocycles. The van der Waals surface area contributed by atoms with Gasteiger partial charge >= 0.3 is 6.18 Å². The number of hydrogen-bond donors (Lipinski definition) is 0. The molecule has 0 spiro atoms. The Hall–Kier alpha value is -0.880. The maximum absolute atomic E-state index is 14.1. The van der Waals surface area contributed by atoms with Gasteiger partial charge in [-0.1, -0.05) is 46.9 Å². The Bertz CT molecular complexity index is 888. The summed E-state index contributed by atoms with van der Waals surface area (Å²) < 4.78 is 44.2. The zero-order valence-electron chi connectivity index (χ0n) is 13.7. The molecular formula is C18H13Cl3F3NS. The third-order valence-corrected chi connectivity index (χ3v) is 6.91. The molecule has 1 aliphatic heterocycles. The summed E-state index contributed by atoms with van der Waals surface area (Å²) in [5, 5.41) is 0.00347. The third kappa shape index (κ3) is 3.35. The molecule has 3 rings (SSSR count). The van der Waals surface area contributed by atoms with Crippen LogP contribution in [0.3, 0.4) is 0 Å². The predicted octanol–water partition coefficient (Wildman–Crippen LogP) is 7.56. The second-order valence-electron chi connectivity index (χ2n) is 6.18. The first-order valence-corrected chi connectivity index (χ1v) is 9.50. The number of nitrogens with zero attached hydrogens (tertiary/aromatic N) is 1. The van der Waals surface area contributed by atoms with Crippen LogP contribution in [0, 0.1) is 13.8 Å². The second-order valence-corrected chi connectivity index (χ2v) is 8.44. The molecule has 0 aliphatic carbocycles. The largest absolute Gasteiger partial charge is 0.409 e. The van der Waals surface area contributed by atoms with Gasteiger partial charge in [0.15, 0.2) is 4.75 Å². The number of aryl methyl sites for hydroxylation is 2. The van der Waals surface area contributed by atoms with Gasteiger partial charge in [0, 0.05) is 6.42 Å². The van der Waals surface area contributed by atoms with Crippen molar-refractivity contribution < 1.29 is 13.2 Å². The molecule has 8 heteroatoms. The molecule has 0 amide bonds. The lowest BCUT2D eigenvalue weighted by Gasteiger charge is -2.30. The fraction of sp³-hybridized carbons (Fsp3) is 0.278. The van der Waals surface area contributed by atoms with E-state index in [2.05, 4.69) is 4.40 Å². The quantitative estimate of drug-likeness (QED) is 0.348. The summed E-state index contributed by atoms with van der Waals surface area (Å²) in [6.07, 6.45) is -4.86. The van der Waals surface area contributed by atoms with Gasteiger partial charge in [0.25, 0.3) is 0 Å². The van der Waals surface area contributed by atoms with E-state index >= 15 is 0 Å². The second kappa shape index (κ2) is 6.93. The smallest absolute Gasteiger partial charge is 0.219 e. The Kier molecular flexibility index (Phi) is 5.30. The average molecular weight is 439 g/mol. The van der Waals surface area contributed by atoms with Crippen LogP contribution in [0.1, 0.15) is 28.7 Å². The highest BCUT2D eigenvalue weighted by molar-refractivity contribution is 7.99. The number of halogens is 6. The Morgan fingerprint density at radius 1 is 1.00 bits per heavy atom. The Morgan fingerprint density at radius 2 is 1.62 bits per heavy atom. The van der Waals surface area contributed by atoms with Crippen LogP contribution >= 0.6 is 46.8 Å². The fourth-order valence-electron chi connectivity index (χ4n) is 2.77. The topological polar surface area (TPSA) is 12.4 Å². The van der Waals surface area contributed by atoms with Gasteiger partial charge < -0.3 is 0 Å². The average Bonchev–Trinajstić information content (AvgIpc) is 3.01. The van der Waals surface area contributed by atoms with Gasteiger partial charge in [0.2, 0.25) is 0 Å². The molecule has 0 N–H and O–H groups in total. The highest BCUT2D eigenvalue weighted by Crippen LogP contribution is 2.57. The number of rotatable bonds is 2. The molecule has 0 radical (unpaired) electrons. The van der Waals surface area contributed by atoms with E-state index in [0.29, 0.717) is 23.2 Å². The van der Waals surface area contributed by atoms with E-state index in [9.17, 15) is 13.2 Å². The lowest BCUT2D eigenvalue weighted by Crippen LogP contribution is -2.38. The molecule has 2 aromatic rings. The molecule has 1 aliphatic rings. The molecule has 1 atom stereocenters. The van der Waals surface area contributed by atoms with Crippen LogP contribution in [0.25, 0.3) is 0 Å². The number of hydrogen-bond acceptors (Lipinski definition) is 2. The van der Waals surface area contributed by atoms with Gasteiger partial charge in [-0.3, -0.25) is 0 Å². The van der Waals surface area contributed by atoms with Crippen LogP contribution in [-0.4, -0.2) is 11.9 Å². The summed E-state index contributed by atoms with van der Waals surface area (Å²) in [6, 6.07) is 7.95. The zero-order valence-corrected chi connectivity index (χ0v) is 16.8. The third-order valence-electron chi connectivity index (χ3n) is 4.48. The Labute approximate surface area is 168 Å². The molecule has 1 unspecified atom stereocenters. The maximum atomic E-state index is 14.1.